The van der Waals surface area contributed by atoms with Gasteiger partial charge >= 0.3 is 0 Å². The fourth-order valence-corrected chi connectivity index (χ4v) is 10.9. The molecule has 4 saturated heterocycles. The molecule has 24 nitrogen and oxygen atoms in total. The Labute approximate surface area is 573 Å². The van der Waals surface area contributed by atoms with Gasteiger partial charge in [0.2, 0.25) is 5.65 Å². The molecule has 522 valence electrons. The second kappa shape index (κ2) is 37.3. The molecule has 0 atom stereocenters. The highest BCUT2D eigenvalue weighted by molar-refractivity contribution is 6.40. The standard InChI is InChI=1S/C15H17FN6.C15H20FN5.C14H16ClFN4.C9H5Cl2FN2.C7H16O3.C5H12N2.H4N2/c1-10-7-13-12(8-11(10)16)18-14(15-19-17-9-22(13)15)21-5-3-20(2)4-6-21;1-10-7-12-13(8-11(10)16)19-15(14(9-17)18-12)21-5-3-20(2)4-6-21;1-9-7-11-12(8-10(9)16)18-14(13(15)17-11)20-5-3-19(2)4-6-20;1-4-2-6-7(3-5(4)12)14-9(11)8(10)13-6;1-4-8-7(9-5-2)10-6-3;1-7-4-2-6-3-5-7;1-2/h7-9H,3-6H2,1-2H3;7-8H,3-6,9,17H2,1-2H3;7-8H,3-6H2,1-2H3;2-3H,1H3;7H,4-6H2,1-3H3;6H,2-5H2,1H3;1-2H2. The van der Waals surface area contributed by atoms with Gasteiger partial charge in [-0.1, -0.05) is 34.8 Å². The largest absolute Gasteiger partial charge is 0.352 e. The summed E-state index contributed by atoms with van der Waals surface area (Å²) in [6.45, 7) is 30.1. The van der Waals surface area contributed by atoms with Crippen molar-refractivity contribution in [3.63, 3.8) is 0 Å². The van der Waals surface area contributed by atoms with Gasteiger partial charge in [-0.3, -0.25) is 16.1 Å². The molecule has 0 spiro atoms. The maximum atomic E-state index is 13.9. The summed E-state index contributed by atoms with van der Waals surface area (Å²) in [6.07, 6.45) is 1.66. The molecule has 5 aromatic heterocycles. The van der Waals surface area contributed by atoms with Crippen LogP contribution in [0.15, 0.2) is 54.9 Å². The van der Waals surface area contributed by atoms with Crippen molar-refractivity contribution in [1.82, 2.24) is 74.4 Å². The number of nitrogens with one attached hydrogen (secondary N) is 1. The minimum Gasteiger partial charge on any atom is -0.352 e. The van der Waals surface area contributed by atoms with Crippen LogP contribution in [0.4, 0.5) is 35.0 Å². The zero-order valence-corrected chi connectivity index (χ0v) is 58.9. The number of rotatable bonds is 10. The highest BCUT2D eigenvalue weighted by Gasteiger charge is 2.24. The number of aryl methyl sites for hydroxylation is 4. The lowest BCUT2D eigenvalue weighted by Crippen LogP contribution is -2.45. The Morgan fingerprint density at radius 1 is 0.448 bits per heavy atom. The Morgan fingerprint density at radius 2 is 0.792 bits per heavy atom. The number of aromatic nitrogens is 10. The van der Waals surface area contributed by atoms with Crippen LogP contribution in [0, 0.1) is 51.0 Å². The van der Waals surface area contributed by atoms with Crippen molar-refractivity contribution in [2.45, 2.75) is 61.5 Å². The molecule has 0 unspecified atom stereocenters. The predicted molar refractivity (Wildman–Crippen MR) is 375 cm³/mol. The lowest BCUT2D eigenvalue weighted by molar-refractivity contribution is -0.282. The third-order valence-corrected chi connectivity index (χ3v) is 17.0. The second-order valence-electron chi connectivity index (χ2n) is 23.2. The van der Waals surface area contributed by atoms with E-state index in [0.717, 1.165) is 120 Å². The third-order valence-electron chi connectivity index (χ3n) is 16.1. The number of halogens is 7. The Bertz CT molecular complexity index is 3870. The zero-order valence-electron chi connectivity index (χ0n) is 56.6. The molecule has 9 aromatic rings. The highest BCUT2D eigenvalue weighted by atomic mass is 35.5. The van der Waals surface area contributed by atoms with Crippen molar-refractivity contribution in [3.05, 3.63) is 122 Å². The molecule has 4 aliphatic heterocycles. The first-order valence-electron chi connectivity index (χ1n) is 31.8. The topological polar surface area (TPSA) is 261 Å². The number of piperazine rings is 4. The van der Waals surface area contributed by atoms with Gasteiger partial charge in [-0.25, -0.2) is 52.4 Å². The average Bonchev–Trinajstić information content (AvgIpc) is 1.40. The van der Waals surface area contributed by atoms with Crippen LogP contribution in [-0.4, -0.2) is 228 Å². The number of ether oxygens (including phenoxy) is 3. The summed E-state index contributed by atoms with van der Waals surface area (Å²) < 4.78 is 71.6. The first-order chi connectivity index (χ1) is 46.1. The van der Waals surface area contributed by atoms with Gasteiger partial charge in [0.1, 0.15) is 29.6 Å². The molecular formula is C65H90Cl3F4N21O3. The number of anilines is 3. The summed E-state index contributed by atoms with van der Waals surface area (Å²) in [5.41, 5.74) is 14.4. The minimum atomic E-state index is -0.472. The first-order valence-corrected chi connectivity index (χ1v) is 33.0. The number of fused-ring (bicyclic) bond motifs is 6. The number of benzene rings is 4. The molecule has 13 rings (SSSR count). The van der Waals surface area contributed by atoms with Crippen LogP contribution in [0.5, 0.6) is 0 Å². The van der Waals surface area contributed by atoms with E-state index in [1.807, 2.05) is 25.2 Å². The Kier molecular flexibility index (Phi) is 29.8. The molecule has 0 aliphatic carbocycles. The van der Waals surface area contributed by atoms with E-state index >= 15 is 0 Å². The van der Waals surface area contributed by atoms with Crippen LogP contribution in [0.1, 0.15) is 48.7 Å². The van der Waals surface area contributed by atoms with Gasteiger partial charge < -0.3 is 59.6 Å². The number of hydrogen-bond acceptors (Lipinski definition) is 23. The molecule has 9 heterocycles. The predicted octanol–water partition coefficient (Wildman–Crippen LogP) is 8.35. The van der Waals surface area contributed by atoms with Crippen LogP contribution in [0.3, 0.4) is 0 Å². The Morgan fingerprint density at radius 3 is 1.21 bits per heavy atom. The summed E-state index contributed by atoms with van der Waals surface area (Å²) >= 11 is 17.6. The third kappa shape index (κ3) is 20.9. The van der Waals surface area contributed by atoms with E-state index in [1.54, 1.807) is 58.3 Å². The maximum absolute atomic E-state index is 13.9. The van der Waals surface area contributed by atoms with Crippen LogP contribution in [0.25, 0.3) is 49.8 Å². The van der Waals surface area contributed by atoms with Gasteiger partial charge in [0.25, 0.3) is 6.48 Å². The monoisotopic (exact) mass is 1390 g/mol. The number of hydrogen-bond donors (Lipinski definition) is 4. The van der Waals surface area contributed by atoms with Crippen molar-refractivity contribution in [2.24, 2.45) is 17.4 Å². The molecule has 4 fully saturated rings. The lowest BCUT2D eigenvalue weighted by Gasteiger charge is -2.34. The van der Waals surface area contributed by atoms with Crippen molar-refractivity contribution in [2.75, 3.05) is 167 Å². The first kappa shape index (κ1) is 76.6. The van der Waals surface area contributed by atoms with Crippen molar-refractivity contribution in [3.8, 4) is 0 Å². The zero-order chi connectivity index (χ0) is 69.8. The number of hydrazine groups is 1. The summed E-state index contributed by atoms with van der Waals surface area (Å²) in [5.74, 6) is 9.14. The van der Waals surface area contributed by atoms with Gasteiger partial charge in [-0.05, 0) is 123 Å². The van der Waals surface area contributed by atoms with Crippen molar-refractivity contribution in [1.29, 1.82) is 0 Å². The van der Waals surface area contributed by atoms with Crippen molar-refractivity contribution < 1.29 is 31.8 Å². The Hall–Kier alpha value is -6.74. The van der Waals surface area contributed by atoms with E-state index in [1.165, 1.54) is 37.4 Å². The number of likely N-dealkylation sites (N-methyl/N-ethyl adjacent to an activating group) is 4. The maximum Gasteiger partial charge on any atom is 0.271 e. The molecule has 4 aliphatic rings. The van der Waals surface area contributed by atoms with Crippen molar-refractivity contribution >= 4 is 102 Å². The number of nitrogens with zero attached hydrogens (tertiary/aromatic N) is 17. The SMILES string of the molecule is CCOC(OCC)OCC.CN1CCNCC1.Cc1cc2c(cc1F)nc(N1CCN(C)CC1)c1nncn12.Cc1cc2nc(CN)c(N3CCN(C)CC3)nc2cc1F.Cc1cc2nc(Cl)c(Cl)nc2cc1F.Cc1cc2nc(Cl)c(N3CCN(C)CC3)nc2cc1F.NN. The summed E-state index contributed by atoms with van der Waals surface area (Å²) in [5, 5.41) is 12.1. The fraction of sp³-hybridized carbons (Fsp3) is 0.492. The quantitative estimate of drug-likeness (QED) is 0.0434. The minimum absolute atomic E-state index is 0.0856. The van der Waals surface area contributed by atoms with Crippen LogP contribution < -0.4 is 37.4 Å². The molecule has 0 saturated carbocycles. The lowest BCUT2D eigenvalue weighted by atomic mass is 10.2. The van der Waals surface area contributed by atoms with E-state index in [2.05, 4.69) is 125 Å². The molecule has 7 N–H and O–H groups in total. The molecule has 0 bridgehead atoms. The molecule has 96 heavy (non-hydrogen) atoms. The normalized spacial score (nSPS) is 15.6. The molecule has 0 radical (unpaired) electrons. The van der Waals surface area contributed by atoms with Crippen LogP contribution in [0.2, 0.25) is 15.5 Å². The van der Waals surface area contributed by atoms with Gasteiger partial charge in [-0.2, -0.15) is 0 Å². The molecular weight excluding hydrogens is 1310 g/mol. The van der Waals surface area contributed by atoms with Gasteiger partial charge in [0.15, 0.2) is 32.9 Å². The second-order valence-corrected chi connectivity index (χ2v) is 24.3. The fourth-order valence-electron chi connectivity index (χ4n) is 10.4. The van der Waals surface area contributed by atoms with E-state index < -0.39 is 6.48 Å². The Balaban J connectivity index is 0.000000167. The van der Waals surface area contributed by atoms with Gasteiger partial charge in [0, 0.05) is 155 Å². The van der Waals surface area contributed by atoms with Crippen LogP contribution in [-0.2, 0) is 20.8 Å². The molecule has 31 heteroatoms. The van der Waals surface area contributed by atoms with Crippen LogP contribution >= 0.6 is 34.8 Å². The number of nitrogens with two attached hydrogens (primary N) is 3. The van der Waals surface area contributed by atoms with E-state index in [9.17, 15) is 17.6 Å². The summed E-state index contributed by atoms with van der Waals surface area (Å²) in [7, 11) is 8.45. The van der Waals surface area contributed by atoms with Gasteiger partial charge in [-0.15, -0.1) is 10.2 Å². The van der Waals surface area contributed by atoms with E-state index in [4.69, 9.17) is 54.7 Å². The average molecular weight is 1400 g/mol. The summed E-state index contributed by atoms with van der Waals surface area (Å²) in [4.78, 5) is 46.2. The smallest absolute Gasteiger partial charge is 0.271 e. The molecule has 4 aromatic carbocycles. The molecule has 0 amide bonds. The van der Waals surface area contributed by atoms with E-state index in [0.29, 0.717) is 98.2 Å². The highest BCUT2D eigenvalue weighted by Crippen LogP contribution is 2.30. The summed E-state index contributed by atoms with van der Waals surface area (Å²) in [6, 6.07) is 12.4. The van der Waals surface area contributed by atoms with Gasteiger partial charge in [0.05, 0.1) is 49.8 Å². The van der Waals surface area contributed by atoms with E-state index in [-0.39, 0.29) is 33.6 Å².